The highest BCUT2D eigenvalue weighted by atomic mass is 79.9. The molecule has 1 N–H and O–H groups in total. The fourth-order valence-corrected chi connectivity index (χ4v) is 4.30. The van der Waals surface area contributed by atoms with Gasteiger partial charge in [0.15, 0.2) is 9.84 Å². The normalized spacial score (nSPS) is 17.8. The van der Waals surface area contributed by atoms with E-state index in [9.17, 15) is 13.2 Å². The summed E-state index contributed by atoms with van der Waals surface area (Å²) in [6, 6.07) is 4.54. The van der Waals surface area contributed by atoms with E-state index in [1.807, 2.05) is 0 Å². The molecule has 0 bridgehead atoms. The molecule has 19 heavy (non-hydrogen) atoms. The lowest BCUT2D eigenvalue weighted by Crippen LogP contribution is -2.40. The van der Waals surface area contributed by atoms with Gasteiger partial charge >= 0.3 is 5.97 Å². The number of rotatable bonds is 4. The van der Waals surface area contributed by atoms with Gasteiger partial charge < -0.3 is 9.84 Å². The van der Waals surface area contributed by atoms with Crippen LogP contribution in [0.4, 0.5) is 0 Å². The summed E-state index contributed by atoms with van der Waals surface area (Å²) >= 11 is 3.21. The van der Waals surface area contributed by atoms with Crippen LogP contribution in [0.3, 0.4) is 0 Å². The number of halogens is 1. The molecule has 1 heterocycles. The highest BCUT2D eigenvalue weighted by Crippen LogP contribution is 2.30. The minimum atomic E-state index is -3.41. The molecule has 0 saturated carbocycles. The van der Waals surface area contributed by atoms with Crippen LogP contribution in [-0.2, 0) is 19.4 Å². The predicted molar refractivity (Wildman–Crippen MR) is 72.0 cm³/mol. The zero-order valence-electron chi connectivity index (χ0n) is 10.2. The van der Waals surface area contributed by atoms with Crippen molar-refractivity contribution in [2.75, 3.05) is 13.2 Å². The number of carbonyl (C=O) groups is 1. The highest BCUT2D eigenvalue weighted by molar-refractivity contribution is 9.10. The second-order valence-corrected chi connectivity index (χ2v) is 7.51. The van der Waals surface area contributed by atoms with Crippen LogP contribution >= 0.6 is 15.9 Å². The van der Waals surface area contributed by atoms with Gasteiger partial charge in [0.05, 0.1) is 24.0 Å². The summed E-state index contributed by atoms with van der Waals surface area (Å²) in [6.07, 6.45) is 0. The lowest BCUT2D eigenvalue weighted by Gasteiger charge is -2.26. The van der Waals surface area contributed by atoms with Crippen LogP contribution in [0.15, 0.2) is 27.6 Å². The van der Waals surface area contributed by atoms with Gasteiger partial charge in [-0.25, -0.2) is 8.42 Å². The van der Waals surface area contributed by atoms with E-state index in [0.29, 0.717) is 10.0 Å². The van der Waals surface area contributed by atoms with Crippen molar-refractivity contribution in [3.8, 4) is 0 Å². The van der Waals surface area contributed by atoms with Crippen molar-refractivity contribution in [3.63, 3.8) is 0 Å². The third kappa shape index (κ3) is 2.68. The zero-order valence-corrected chi connectivity index (χ0v) is 12.6. The Balaban J connectivity index is 2.37. The van der Waals surface area contributed by atoms with E-state index in [1.165, 1.54) is 12.1 Å². The Labute approximate surface area is 119 Å². The average Bonchev–Trinajstić information content (AvgIpc) is 2.24. The van der Waals surface area contributed by atoms with Crippen LogP contribution < -0.4 is 0 Å². The molecule has 1 saturated heterocycles. The Morgan fingerprint density at radius 2 is 2.11 bits per heavy atom. The molecule has 0 radical (unpaired) electrons. The molecule has 0 spiro atoms. The van der Waals surface area contributed by atoms with E-state index in [1.54, 1.807) is 13.0 Å². The van der Waals surface area contributed by atoms with E-state index in [0.717, 1.165) is 0 Å². The Bertz CT molecular complexity index is 607. The molecule has 0 aromatic heterocycles. The summed E-state index contributed by atoms with van der Waals surface area (Å²) in [7, 11) is -3.41. The molecule has 1 atom stereocenters. The molecule has 0 amide bonds. The number of carboxylic acids is 1. The number of carboxylic acid groups (broad SMARTS) is 1. The Kier molecular flexibility index (Phi) is 3.98. The molecular weight excluding hydrogens is 336 g/mol. The fraction of sp³-hybridized carbons (Fsp3) is 0.417. The maximum Gasteiger partial charge on any atom is 0.310 e. The first kappa shape index (κ1) is 14.5. The molecule has 7 heteroatoms. The van der Waals surface area contributed by atoms with Gasteiger partial charge in [0, 0.05) is 4.47 Å². The molecule has 1 unspecified atom stereocenters. The summed E-state index contributed by atoms with van der Waals surface area (Å²) in [5, 5.41) is 8.43. The van der Waals surface area contributed by atoms with Crippen molar-refractivity contribution in [2.24, 2.45) is 0 Å². The van der Waals surface area contributed by atoms with Crippen molar-refractivity contribution < 1.29 is 23.1 Å². The summed E-state index contributed by atoms with van der Waals surface area (Å²) < 4.78 is 29.7. The number of hydrogen-bond acceptors (Lipinski definition) is 4. The van der Waals surface area contributed by atoms with Gasteiger partial charge in [0.2, 0.25) is 0 Å². The van der Waals surface area contributed by atoms with Crippen LogP contribution in [0.5, 0.6) is 0 Å². The van der Waals surface area contributed by atoms with E-state index in [4.69, 9.17) is 9.84 Å². The molecule has 1 aliphatic heterocycles. The predicted octanol–water partition coefficient (Wildman–Crippen LogP) is 1.81. The second kappa shape index (κ2) is 5.22. The monoisotopic (exact) mass is 348 g/mol. The van der Waals surface area contributed by atoms with E-state index < -0.39 is 27.0 Å². The van der Waals surface area contributed by atoms with Crippen molar-refractivity contribution in [3.05, 3.63) is 28.2 Å². The number of sulfone groups is 1. The Hall–Kier alpha value is -0.920. The van der Waals surface area contributed by atoms with E-state index >= 15 is 0 Å². The first-order valence-corrected chi connectivity index (χ1v) is 8.02. The van der Waals surface area contributed by atoms with Gasteiger partial charge in [0.25, 0.3) is 0 Å². The summed E-state index contributed by atoms with van der Waals surface area (Å²) in [4.78, 5) is 11.1. The zero-order chi connectivity index (χ0) is 14.2. The molecule has 104 valence electrons. The highest BCUT2D eigenvalue weighted by Gasteiger charge is 2.35. The first-order valence-electron chi connectivity index (χ1n) is 5.68. The number of hydrogen-bond donors (Lipinski definition) is 1. The Morgan fingerprint density at radius 1 is 1.47 bits per heavy atom. The maximum absolute atomic E-state index is 12.2. The van der Waals surface area contributed by atoms with Gasteiger partial charge in [-0.15, -0.1) is 0 Å². The molecule has 1 aliphatic rings. The fourth-order valence-electron chi connectivity index (χ4n) is 1.73. The SMILES string of the molecule is CC(C(=O)O)c1ccc(S(=O)(=O)C2COC2)c(Br)c1. The van der Waals surface area contributed by atoms with Crippen molar-refractivity contribution in [1.29, 1.82) is 0 Å². The molecule has 2 rings (SSSR count). The summed E-state index contributed by atoms with van der Waals surface area (Å²) in [5.41, 5.74) is 0.559. The number of ether oxygens (including phenoxy) is 1. The van der Waals surface area contributed by atoms with Crippen molar-refractivity contribution >= 4 is 31.7 Å². The van der Waals surface area contributed by atoms with Crippen LogP contribution in [0, 0.1) is 0 Å². The third-order valence-corrected chi connectivity index (χ3v) is 6.22. The maximum atomic E-state index is 12.2. The third-order valence-electron chi connectivity index (χ3n) is 3.18. The minimum absolute atomic E-state index is 0.183. The topological polar surface area (TPSA) is 80.7 Å². The minimum Gasteiger partial charge on any atom is -0.481 e. The van der Waals surface area contributed by atoms with Crippen molar-refractivity contribution in [2.45, 2.75) is 23.0 Å². The van der Waals surface area contributed by atoms with Gasteiger partial charge in [-0.1, -0.05) is 6.07 Å². The Morgan fingerprint density at radius 3 is 2.53 bits per heavy atom. The van der Waals surface area contributed by atoms with Gasteiger partial charge in [-0.05, 0) is 40.5 Å². The van der Waals surface area contributed by atoms with E-state index in [-0.39, 0.29) is 18.1 Å². The smallest absolute Gasteiger partial charge is 0.310 e. The summed E-state index contributed by atoms with van der Waals surface area (Å²) in [6.45, 7) is 1.97. The lowest BCUT2D eigenvalue weighted by atomic mass is 10.0. The number of benzene rings is 1. The van der Waals surface area contributed by atoms with Crippen LogP contribution in [-0.4, -0.2) is 38.0 Å². The molecule has 1 aromatic carbocycles. The largest absolute Gasteiger partial charge is 0.481 e. The van der Waals surface area contributed by atoms with Gasteiger partial charge in [0.1, 0.15) is 5.25 Å². The van der Waals surface area contributed by atoms with Crippen LogP contribution in [0.2, 0.25) is 0 Å². The van der Waals surface area contributed by atoms with Crippen LogP contribution in [0.25, 0.3) is 0 Å². The second-order valence-electron chi connectivity index (χ2n) is 4.45. The molecule has 1 fully saturated rings. The standard InChI is InChI=1S/C12H13BrO5S/c1-7(12(14)15)8-2-3-11(10(13)4-8)19(16,17)9-5-18-6-9/h2-4,7,9H,5-6H2,1H3,(H,14,15). The van der Waals surface area contributed by atoms with Gasteiger partial charge in [-0.2, -0.15) is 0 Å². The van der Waals surface area contributed by atoms with E-state index in [2.05, 4.69) is 15.9 Å². The van der Waals surface area contributed by atoms with Gasteiger partial charge in [-0.3, -0.25) is 4.79 Å². The molecule has 0 aliphatic carbocycles. The molecule has 5 nitrogen and oxygen atoms in total. The average molecular weight is 349 g/mol. The number of aliphatic carboxylic acids is 1. The molecular formula is C12H13BrO5S. The van der Waals surface area contributed by atoms with Crippen molar-refractivity contribution in [1.82, 2.24) is 0 Å². The molecule has 1 aromatic rings. The summed E-state index contributed by atoms with van der Waals surface area (Å²) in [5.74, 6) is -1.63. The van der Waals surface area contributed by atoms with Crippen LogP contribution in [0.1, 0.15) is 18.4 Å². The lowest BCUT2D eigenvalue weighted by molar-refractivity contribution is -0.138. The quantitative estimate of drug-likeness (QED) is 0.897. The first-order chi connectivity index (χ1) is 8.84.